The van der Waals surface area contributed by atoms with E-state index in [2.05, 4.69) is 75.7 Å². The van der Waals surface area contributed by atoms with Gasteiger partial charge in [0.15, 0.2) is 0 Å². The minimum atomic E-state index is 0.491. The van der Waals surface area contributed by atoms with E-state index in [1.165, 1.54) is 22.3 Å². The van der Waals surface area contributed by atoms with Crippen LogP contribution in [0.3, 0.4) is 0 Å². The predicted octanol–water partition coefficient (Wildman–Crippen LogP) is 5.78. The molecular weight excluding hydrogens is 254 g/mol. The van der Waals surface area contributed by atoms with Gasteiger partial charge < -0.3 is 5.32 Å². The van der Waals surface area contributed by atoms with Crippen molar-refractivity contribution in [3.63, 3.8) is 0 Å². The minimum Gasteiger partial charge on any atom is -0.356 e. The first-order chi connectivity index (χ1) is 9.97. The van der Waals surface area contributed by atoms with Gasteiger partial charge in [-0.2, -0.15) is 0 Å². The van der Waals surface area contributed by atoms with Crippen molar-refractivity contribution in [3.05, 3.63) is 77.6 Å². The summed E-state index contributed by atoms with van der Waals surface area (Å²) in [6, 6.07) is 8.38. The molecule has 0 aliphatic heterocycles. The van der Waals surface area contributed by atoms with Crippen molar-refractivity contribution >= 4 is 5.69 Å². The Labute approximate surface area is 128 Å². The summed E-state index contributed by atoms with van der Waals surface area (Å²) < 4.78 is 0. The summed E-state index contributed by atoms with van der Waals surface area (Å²) in [4.78, 5) is 0. The highest BCUT2D eigenvalue weighted by atomic mass is 14.9. The van der Waals surface area contributed by atoms with Crippen LogP contribution in [0.25, 0.3) is 0 Å². The van der Waals surface area contributed by atoms with Gasteiger partial charge in [-0.1, -0.05) is 48.6 Å². The van der Waals surface area contributed by atoms with Crippen LogP contribution in [0.5, 0.6) is 0 Å². The number of hydrogen-bond acceptors (Lipinski definition) is 1. The Balaban J connectivity index is 2.09. The Morgan fingerprint density at radius 2 is 1.95 bits per heavy atom. The van der Waals surface area contributed by atoms with Gasteiger partial charge in [0.2, 0.25) is 0 Å². The van der Waals surface area contributed by atoms with Gasteiger partial charge >= 0.3 is 0 Å². The molecule has 1 heteroatoms. The summed E-state index contributed by atoms with van der Waals surface area (Å²) in [6.07, 6.45) is 6.55. The second-order valence-corrected chi connectivity index (χ2v) is 6.01. The van der Waals surface area contributed by atoms with Crippen molar-refractivity contribution in [3.8, 4) is 0 Å². The van der Waals surface area contributed by atoms with Crippen molar-refractivity contribution in [2.24, 2.45) is 5.92 Å². The van der Waals surface area contributed by atoms with Crippen molar-refractivity contribution in [2.45, 2.75) is 33.6 Å². The van der Waals surface area contributed by atoms with E-state index in [1.54, 1.807) is 0 Å². The van der Waals surface area contributed by atoms with E-state index < -0.39 is 0 Å². The molecule has 1 aromatic rings. The molecule has 0 saturated carbocycles. The molecule has 0 saturated heterocycles. The summed E-state index contributed by atoms with van der Waals surface area (Å²) in [6.45, 7) is 14.7. The maximum atomic E-state index is 4.21. The van der Waals surface area contributed by atoms with E-state index >= 15 is 0 Å². The molecule has 21 heavy (non-hydrogen) atoms. The lowest BCUT2D eigenvalue weighted by molar-refractivity contribution is 0.646. The number of benzene rings is 1. The standard InChI is InChI=1S/C20H25N/c1-14(2)20-12-11-18(10-9-16(20)4)17(5)21-19-8-6-7-15(3)13-19/h6-10,13,20-21H,1,5,11-12H2,2-4H3. The van der Waals surface area contributed by atoms with Crippen molar-refractivity contribution in [1.29, 1.82) is 0 Å². The van der Waals surface area contributed by atoms with E-state index in [4.69, 9.17) is 0 Å². The molecule has 0 spiro atoms. The summed E-state index contributed by atoms with van der Waals surface area (Å²) in [5.74, 6) is 0.491. The Kier molecular flexibility index (Phi) is 4.85. The van der Waals surface area contributed by atoms with Gasteiger partial charge in [-0.3, -0.25) is 0 Å². The molecule has 1 nitrogen and oxygen atoms in total. The van der Waals surface area contributed by atoms with Crippen LogP contribution in [0.15, 0.2) is 72.0 Å². The van der Waals surface area contributed by atoms with Crippen molar-refractivity contribution in [2.75, 3.05) is 5.32 Å². The van der Waals surface area contributed by atoms with Crippen molar-refractivity contribution < 1.29 is 0 Å². The van der Waals surface area contributed by atoms with E-state index in [9.17, 15) is 0 Å². The van der Waals surface area contributed by atoms with E-state index in [0.29, 0.717) is 5.92 Å². The zero-order valence-corrected chi connectivity index (χ0v) is 13.4. The maximum Gasteiger partial charge on any atom is 0.0386 e. The average molecular weight is 279 g/mol. The molecule has 1 N–H and O–H groups in total. The average Bonchev–Trinajstić information content (AvgIpc) is 2.60. The summed E-state index contributed by atoms with van der Waals surface area (Å²) in [5.41, 5.74) is 7.26. The molecule has 1 aliphatic rings. The first kappa shape index (κ1) is 15.4. The van der Waals surface area contributed by atoms with E-state index in [0.717, 1.165) is 24.2 Å². The molecule has 1 atom stereocenters. The lowest BCUT2D eigenvalue weighted by atomic mass is 9.89. The number of aryl methyl sites for hydroxylation is 1. The Morgan fingerprint density at radius 3 is 2.62 bits per heavy atom. The molecule has 0 aromatic heterocycles. The Morgan fingerprint density at radius 1 is 1.19 bits per heavy atom. The summed E-state index contributed by atoms with van der Waals surface area (Å²) >= 11 is 0. The summed E-state index contributed by atoms with van der Waals surface area (Å²) in [7, 11) is 0. The molecule has 2 rings (SSSR count). The van der Waals surface area contributed by atoms with Crippen LogP contribution in [0.2, 0.25) is 0 Å². The lowest BCUT2D eigenvalue weighted by Gasteiger charge is -2.17. The molecule has 1 aromatic carbocycles. The molecule has 0 amide bonds. The fourth-order valence-corrected chi connectivity index (χ4v) is 2.82. The molecule has 110 valence electrons. The second kappa shape index (κ2) is 6.62. The lowest BCUT2D eigenvalue weighted by Crippen LogP contribution is -2.05. The monoisotopic (exact) mass is 279 g/mol. The normalized spacial score (nSPS) is 18.3. The van der Waals surface area contributed by atoms with Crippen LogP contribution in [0, 0.1) is 12.8 Å². The van der Waals surface area contributed by atoms with Gasteiger partial charge in [0.05, 0.1) is 0 Å². The van der Waals surface area contributed by atoms with Crippen LogP contribution in [0.4, 0.5) is 5.69 Å². The van der Waals surface area contributed by atoms with Gasteiger partial charge in [-0.25, -0.2) is 0 Å². The highest BCUT2D eigenvalue weighted by Gasteiger charge is 2.16. The minimum absolute atomic E-state index is 0.491. The molecule has 1 aliphatic carbocycles. The second-order valence-electron chi connectivity index (χ2n) is 6.01. The number of anilines is 1. The smallest absolute Gasteiger partial charge is 0.0386 e. The molecule has 1 unspecified atom stereocenters. The topological polar surface area (TPSA) is 12.0 Å². The molecule has 0 radical (unpaired) electrons. The fourth-order valence-electron chi connectivity index (χ4n) is 2.82. The van der Waals surface area contributed by atoms with Gasteiger partial charge in [0, 0.05) is 17.3 Å². The van der Waals surface area contributed by atoms with E-state index in [1.807, 2.05) is 0 Å². The Bertz CT molecular complexity index is 616. The zero-order chi connectivity index (χ0) is 15.4. The van der Waals surface area contributed by atoms with Crippen LogP contribution >= 0.6 is 0 Å². The number of hydrogen-bond donors (Lipinski definition) is 1. The van der Waals surface area contributed by atoms with E-state index in [-0.39, 0.29) is 0 Å². The Hall–Kier alpha value is -2.02. The largest absolute Gasteiger partial charge is 0.356 e. The highest BCUT2D eigenvalue weighted by Crippen LogP contribution is 2.31. The van der Waals surface area contributed by atoms with Gasteiger partial charge in [-0.15, -0.1) is 0 Å². The molecule has 0 bridgehead atoms. The van der Waals surface area contributed by atoms with Gasteiger partial charge in [-0.05, 0) is 56.9 Å². The molecule has 0 heterocycles. The first-order valence-electron chi connectivity index (χ1n) is 7.53. The van der Waals surface area contributed by atoms with Crippen LogP contribution < -0.4 is 5.32 Å². The van der Waals surface area contributed by atoms with Gasteiger partial charge in [0.1, 0.15) is 0 Å². The molecule has 0 fully saturated rings. The molecular formula is C20H25N. The van der Waals surface area contributed by atoms with Crippen molar-refractivity contribution in [1.82, 2.24) is 0 Å². The zero-order valence-electron chi connectivity index (χ0n) is 13.4. The number of allylic oxidation sites excluding steroid dienone is 5. The number of rotatable bonds is 4. The SMILES string of the molecule is C=C(Nc1cccc(C)c1)C1=CC=C(C)C(C(=C)C)CC1. The van der Waals surface area contributed by atoms with Crippen LogP contribution in [-0.2, 0) is 0 Å². The quantitative estimate of drug-likeness (QED) is 0.689. The number of nitrogens with one attached hydrogen (secondary N) is 1. The third-order valence-corrected chi connectivity index (χ3v) is 4.10. The maximum absolute atomic E-state index is 4.21. The third kappa shape index (κ3) is 3.98. The summed E-state index contributed by atoms with van der Waals surface area (Å²) in [5, 5.41) is 3.42. The fraction of sp³-hybridized carbons (Fsp3) is 0.300. The third-order valence-electron chi connectivity index (χ3n) is 4.10. The predicted molar refractivity (Wildman–Crippen MR) is 93.3 cm³/mol. The van der Waals surface area contributed by atoms with Crippen LogP contribution in [-0.4, -0.2) is 0 Å². The van der Waals surface area contributed by atoms with Gasteiger partial charge in [0.25, 0.3) is 0 Å². The van der Waals surface area contributed by atoms with Crippen LogP contribution in [0.1, 0.15) is 32.3 Å². The highest BCUT2D eigenvalue weighted by molar-refractivity contribution is 5.54. The first-order valence-corrected chi connectivity index (χ1v) is 7.53.